The maximum Gasteiger partial charge on any atom is 0.411 e. The highest BCUT2D eigenvalue weighted by Gasteiger charge is 2.39. The van der Waals surface area contributed by atoms with E-state index in [-0.39, 0.29) is 18.2 Å². The van der Waals surface area contributed by atoms with Gasteiger partial charge in [-0.05, 0) is 88.5 Å². The van der Waals surface area contributed by atoms with Gasteiger partial charge in [0.25, 0.3) is 0 Å². The molecule has 1 fully saturated rings. The minimum absolute atomic E-state index is 0.150. The number of amides is 1. The summed E-state index contributed by atoms with van der Waals surface area (Å²) in [5, 5.41) is 0. The summed E-state index contributed by atoms with van der Waals surface area (Å²) in [6.07, 6.45) is 8.55. The minimum Gasteiger partial charge on any atom is -0.444 e. The van der Waals surface area contributed by atoms with Crippen LogP contribution in [0.4, 0.5) is 4.79 Å². The molecule has 1 aromatic carbocycles. The number of hydrogen-bond donors (Lipinski definition) is 0. The van der Waals surface area contributed by atoms with Crippen molar-refractivity contribution < 1.29 is 9.53 Å². The molecule has 148 valence electrons. The van der Waals surface area contributed by atoms with Crippen LogP contribution in [0.15, 0.2) is 18.2 Å². The summed E-state index contributed by atoms with van der Waals surface area (Å²) in [7, 11) is 0. The van der Waals surface area contributed by atoms with Crippen LogP contribution in [0.25, 0.3) is 5.57 Å². The van der Waals surface area contributed by atoms with Gasteiger partial charge in [-0.2, -0.15) is 0 Å². The number of aryl methyl sites for hydroxylation is 3. The molecule has 27 heavy (non-hydrogen) atoms. The Kier molecular flexibility index (Phi) is 5.69. The van der Waals surface area contributed by atoms with Gasteiger partial charge in [0.05, 0.1) is 6.04 Å². The van der Waals surface area contributed by atoms with Gasteiger partial charge in [-0.25, -0.2) is 4.79 Å². The first-order chi connectivity index (χ1) is 12.7. The summed E-state index contributed by atoms with van der Waals surface area (Å²) in [5.74, 6) is 0. The summed E-state index contributed by atoms with van der Waals surface area (Å²) in [5.41, 5.74) is 6.68. The van der Waals surface area contributed by atoms with Crippen molar-refractivity contribution in [3.63, 3.8) is 0 Å². The Labute approximate surface area is 164 Å². The normalized spacial score (nSPS) is 22.4. The lowest BCUT2D eigenvalue weighted by Crippen LogP contribution is -2.53. The summed E-state index contributed by atoms with van der Waals surface area (Å²) in [6, 6.07) is 5.10. The second-order valence-corrected chi connectivity index (χ2v) is 9.10. The summed E-state index contributed by atoms with van der Waals surface area (Å²) in [6.45, 7) is 12.5. The molecule has 3 heteroatoms. The molecule has 0 N–H and O–H groups in total. The van der Waals surface area contributed by atoms with E-state index in [0.717, 1.165) is 32.1 Å². The summed E-state index contributed by atoms with van der Waals surface area (Å²) in [4.78, 5) is 14.9. The van der Waals surface area contributed by atoms with E-state index >= 15 is 0 Å². The van der Waals surface area contributed by atoms with Crippen molar-refractivity contribution in [3.05, 3.63) is 40.5 Å². The Morgan fingerprint density at radius 2 is 1.78 bits per heavy atom. The lowest BCUT2D eigenvalue weighted by atomic mass is 9.79. The fraction of sp³-hybridized carbons (Fsp3) is 0.625. The predicted octanol–water partition coefficient (Wildman–Crippen LogP) is 6.07. The van der Waals surface area contributed by atoms with E-state index in [2.05, 4.69) is 39.0 Å². The van der Waals surface area contributed by atoms with Gasteiger partial charge < -0.3 is 4.74 Å². The SMILES string of the molecule is CCc1cc(C)cc(CC)c1C1=CC2CCCC(C1)N2C(=O)OC(C)(C)C. The van der Waals surface area contributed by atoms with E-state index in [1.807, 2.05) is 25.7 Å². The first-order valence-electron chi connectivity index (χ1n) is 10.6. The molecule has 1 amide bonds. The molecule has 1 aromatic rings. The second kappa shape index (κ2) is 7.69. The number of fused-ring (bicyclic) bond motifs is 2. The van der Waals surface area contributed by atoms with Crippen molar-refractivity contribution in [2.75, 3.05) is 0 Å². The molecule has 2 bridgehead atoms. The van der Waals surface area contributed by atoms with Gasteiger partial charge in [-0.15, -0.1) is 0 Å². The quantitative estimate of drug-likeness (QED) is 0.647. The smallest absolute Gasteiger partial charge is 0.411 e. The molecular formula is C24H35NO2. The van der Waals surface area contributed by atoms with Crippen LogP contribution >= 0.6 is 0 Å². The van der Waals surface area contributed by atoms with E-state index in [9.17, 15) is 4.79 Å². The van der Waals surface area contributed by atoms with Gasteiger partial charge in [0.1, 0.15) is 5.60 Å². The van der Waals surface area contributed by atoms with Crippen molar-refractivity contribution in [2.24, 2.45) is 0 Å². The molecule has 0 radical (unpaired) electrons. The highest BCUT2D eigenvalue weighted by Crippen LogP contribution is 2.40. The van der Waals surface area contributed by atoms with Crippen LogP contribution in [0, 0.1) is 6.92 Å². The van der Waals surface area contributed by atoms with E-state index in [1.54, 1.807) is 0 Å². The fourth-order valence-corrected chi connectivity index (χ4v) is 4.73. The van der Waals surface area contributed by atoms with E-state index in [0.29, 0.717) is 0 Å². The molecule has 1 saturated heterocycles. The fourth-order valence-electron chi connectivity index (χ4n) is 4.73. The Morgan fingerprint density at radius 3 is 2.30 bits per heavy atom. The Balaban J connectivity index is 1.98. The average molecular weight is 370 g/mol. The number of hydrogen-bond acceptors (Lipinski definition) is 2. The predicted molar refractivity (Wildman–Crippen MR) is 112 cm³/mol. The van der Waals surface area contributed by atoms with Crippen LogP contribution in [-0.2, 0) is 17.6 Å². The van der Waals surface area contributed by atoms with Crippen molar-refractivity contribution in [1.29, 1.82) is 0 Å². The molecule has 0 aliphatic carbocycles. The van der Waals surface area contributed by atoms with Crippen LogP contribution in [0.3, 0.4) is 0 Å². The molecule has 0 spiro atoms. The zero-order chi connectivity index (χ0) is 19.8. The van der Waals surface area contributed by atoms with Crippen LogP contribution in [-0.4, -0.2) is 28.7 Å². The van der Waals surface area contributed by atoms with Gasteiger partial charge in [-0.3, -0.25) is 4.90 Å². The molecule has 2 aliphatic heterocycles. The number of rotatable bonds is 3. The van der Waals surface area contributed by atoms with Crippen molar-refractivity contribution in [1.82, 2.24) is 4.90 Å². The van der Waals surface area contributed by atoms with Gasteiger partial charge in [0.15, 0.2) is 0 Å². The monoisotopic (exact) mass is 369 g/mol. The molecule has 2 atom stereocenters. The number of ether oxygens (including phenoxy) is 1. The minimum atomic E-state index is -0.447. The highest BCUT2D eigenvalue weighted by molar-refractivity contribution is 5.77. The Hall–Kier alpha value is -1.77. The molecule has 0 saturated carbocycles. The van der Waals surface area contributed by atoms with Crippen molar-refractivity contribution in [3.8, 4) is 0 Å². The lowest BCUT2D eigenvalue weighted by molar-refractivity contribution is 0.0000822. The molecule has 2 heterocycles. The Morgan fingerprint density at radius 1 is 1.15 bits per heavy atom. The first kappa shape index (κ1) is 20.0. The lowest BCUT2D eigenvalue weighted by Gasteiger charge is -2.45. The molecular weight excluding hydrogens is 334 g/mol. The number of carbonyl (C=O) groups is 1. The van der Waals surface area contributed by atoms with Crippen LogP contribution in [0.1, 0.15) is 82.6 Å². The largest absolute Gasteiger partial charge is 0.444 e. The number of benzene rings is 1. The standard InChI is InChI=1S/C24H35NO2/c1-7-17-12-16(3)13-18(8-2)22(17)19-14-20-10-9-11-21(15-19)25(20)23(26)27-24(4,5)6/h12-14,20-21H,7-11,15H2,1-6H3. The number of piperidine rings is 1. The highest BCUT2D eigenvalue weighted by atomic mass is 16.6. The zero-order valence-electron chi connectivity index (χ0n) is 17.9. The van der Waals surface area contributed by atoms with Crippen molar-refractivity contribution in [2.45, 2.75) is 97.8 Å². The van der Waals surface area contributed by atoms with E-state index in [4.69, 9.17) is 4.74 Å². The maximum atomic E-state index is 12.8. The molecule has 3 rings (SSSR count). The molecule has 2 aliphatic rings. The second-order valence-electron chi connectivity index (χ2n) is 9.10. The zero-order valence-corrected chi connectivity index (χ0v) is 17.9. The van der Waals surface area contributed by atoms with Crippen LogP contribution < -0.4 is 0 Å². The third-order valence-corrected chi connectivity index (χ3v) is 5.77. The topological polar surface area (TPSA) is 29.5 Å². The average Bonchev–Trinajstić information content (AvgIpc) is 2.58. The first-order valence-corrected chi connectivity index (χ1v) is 10.6. The Bertz CT molecular complexity index is 716. The van der Waals surface area contributed by atoms with Crippen LogP contribution in [0.5, 0.6) is 0 Å². The van der Waals surface area contributed by atoms with Gasteiger partial charge in [-0.1, -0.05) is 37.6 Å². The third kappa shape index (κ3) is 4.23. The summed E-state index contributed by atoms with van der Waals surface area (Å²) >= 11 is 0. The molecule has 0 aromatic heterocycles. The van der Waals surface area contributed by atoms with Crippen molar-refractivity contribution >= 4 is 11.7 Å². The number of carbonyl (C=O) groups excluding carboxylic acids is 1. The van der Waals surface area contributed by atoms with Gasteiger partial charge >= 0.3 is 6.09 Å². The third-order valence-electron chi connectivity index (χ3n) is 5.77. The molecule has 3 nitrogen and oxygen atoms in total. The number of nitrogens with zero attached hydrogens (tertiary/aromatic N) is 1. The van der Waals surface area contributed by atoms with Gasteiger partial charge in [0.2, 0.25) is 0 Å². The van der Waals surface area contributed by atoms with Gasteiger partial charge in [0, 0.05) is 6.04 Å². The van der Waals surface area contributed by atoms with Crippen LogP contribution in [0.2, 0.25) is 0 Å². The maximum absolute atomic E-state index is 12.8. The molecule has 2 unspecified atom stereocenters. The van der Waals surface area contributed by atoms with E-state index in [1.165, 1.54) is 34.2 Å². The summed E-state index contributed by atoms with van der Waals surface area (Å²) < 4.78 is 5.72. The van der Waals surface area contributed by atoms with E-state index < -0.39 is 5.60 Å².